The Balaban J connectivity index is 2.42. The number of nitrogens with zero attached hydrogens (tertiary/aromatic N) is 1. The predicted molar refractivity (Wildman–Crippen MR) is 87.5 cm³/mol. The summed E-state index contributed by atoms with van der Waals surface area (Å²) in [5.41, 5.74) is 0.598. The Kier molecular flexibility index (Phi) is 8.05. The summed E-state index contributed by atoms with van der Waals surface area (Å²) >= 11 is 5.77. The van der Waals surface area contributed by atoms with Gasteiger partial charge in [-0.2, -0.15) is 5.26 Å². The maximum atomic E-state index is 11.9. The lowest BCUT2D eigenvalue weighted by Gasteiger charge is -2.07. The van der Waals surface area contributed by atoms with Crippen LogP contribution in [0.5, 0.6) is 0 Å². The van der Waals surface area contributed by atoms with Crippen molar-refractivity contribution in [3.8, 4) is 6.07 Å². The zero-order chi connectivity index (χ0) is 16.4. The van der Waals surface area contributed by atoms with Gasteiger partial charge in [0, 0.05) is 30.1 Å². The molecule has 2 N–H and O–H groups in total. The molecular weight excluding hydrogens is 302 g/mol. The number of carbonyl (C=O) groups is 1. The molecule has 22 heavy (non-hydrogen) atoms. The van der Waals surface area contributed by atoms with Crippen LogP contribution in [0, 0.1) is 11.3 Å². The minimum atomic E-state index is -0.462. The Bertz CT molecular complexity index is 548. The first-order valence-electron chi connectivity index (χ1n) is 7.05. The molecule has 5 nitrogen and oxygen atoms in total. The molecule has 0 bridgehead atoms. The molecule has 1 aromatic rings. The maximum absolute atomic E-state index is 11.9. The number of carbonyl (C=O) groups excluding carboxylic acids is 1. The number of hydrogen-bond donors (Lipinski definition) is 2. The molecule has 0 spiro atoms. The van der Waals surface area contributed by atoms with Crippen LogP contribution in [-0.4, -0.2) is 25.2 Å². The topological polar surface area (TPSA) is 74.1 Å². The third-order valence-corrected chi connectivity index (χ3v) is 2.88. The van der Waals surface area contributed by atoms with Gasteiger partial charge in [-0.3, -0.25) is 4.79 Å². The Morgan fingerprint density at radius 3 is 2.68 bits per heavy atom. The SMILES string of the molecule is CC(C)OCCCN/C=C(/C#N)C(=O)Nc1ccc(Cl)cc1. The molecule has 6 heteroatoms. The number of halogens is 1. The van der Waals surface area contributed by atoms with E-state index in [4.69, 9.17) is 21.6 Å². The van der Waals surface area contributed by atoms with E-state index in [9.17, 15) is 4.79 Å². The van der Waals surface area contributed by atoms with E-state index in [2.05, 4.69) is 10.6 Å². The van der Waals surface area contributed by atoms with E-state index in [-0.39, 0.29) is 11.7 Å². The lowest BCUT2D eigenvalue weighted by atomic mass is 10.2. The third kappa shape index (κ3) is 7.11. The fourth-order valence-corrected chi connectivity index (χ4v) is 1.67. The van der Waals surface area contributed by atoms with Crippen molar-refractivity contribution < 1.29 is 9.53 Å². The van der Waals surface area contributed by atoms with Gasteiger partial charge < -0.3 is 15.4 Å². The molecule has 118 valence electrons. The van der Waals surface area contributed by atoms with Crippen molar-refractivity contribution in [2.75, 3.05) is 18.5 Å². The van der Waals surface area contributed by atoms with Crippen LogP contribution >= 0.6 is 11.6 Å². The van der Waals surface area contributed by atoms with Gasteiger partial charge in [-0.25, -0.2) is 0 Å². The smallest absolute Gasteiger partial charge is 0.267 e. The number of anilines is 1. The molecule has 1 aromatic carbocycles. The van der Waals surface area contributed by atoms with E-state index in [0.717, 1.165) is 6.42 Å². The highest BCUT2D eigenvalue weighted by Gasteiger charge is 2.08. The van der Waals surface area contributed by atoms with Gasteiger partial charge in [0.15, 0.2) is 0 Å². The van der Waals surface area contributed by atoms with Crippen LogP contribution < -0.4 is 10.6 Å². The second kappa shape index (κ2) is 9.82. The van der Waals surface area contributed by atoms with Crippen LogP contribution in [0.25, 0.3) is 0 Å². The average Bonchev–Trinajstić information content (AvgIpc) is 2.48. The van der Waals surface area contributed by atoms with Gasteiger partial charge in [0.05, 0.1) is 6.10 Å². The molecule has 0 radical (unpaired) electrons. The highest BCUT2D eigenvalue weighted by atomic mass is 35.5. The second-order valence-corrected chi connectivity index (χ2v) is 5.29. The van der Waals surface area contributed by atoms with Crippen molar-refractivity contribution in [1.82, 2.24) is 5.32 Å². The zero-order valence-electron chi connectivity index (χ0n) is 12.7. The molecule has 0 aliphatic rings. The largest absolute Gasteiger partial charge is 0.390 e. The van der Waals surface area contributed by atoms with E-state index in [0.29, 0.717) is 23.9 Å². The summed E-state index contributed by atoms with van der Waals surface area (Å²) < 4.78 is 5.40. The van der Waals surface area contributed by atoms with Crippen molar-refractivity contribution in [3.63, 3.8) is 0 Å². The number of ether oxygens (including phenoxy) is 1. The van der Waals surface area contributed by atoms with E-state index in [1.54, 1.807) is 24.3 Å². The second-order valence-electron chi connectivity index (χ2n) is 4.86. The molecule has 0 fully saturated rings. The number of hydrogen-bond acceptors (Lipinski definition) is 4. The zero-order valence-corrected chi connectivity index (χ0v) is 13.5. The van der Waals surface area contributed by atoms with Gasteiger partial charge in [-0.15, -0.1) is 0 Å². The number of rotatable bonds is 8. The fraction of sp³-hybridized carbons (Fsp3) is 0.375. The minimum Gasteiger partial charge on any atom is -0.390 e. The molecule has 0 saturated carbocycles. The third-order valence-electron chi connectivity index (χ3n) is 2.63. The lowest BCUT2D eigenvalue weighted by Crippen LogP contribution is -2.18. The van der Waals surface area contributed by atoms with Crippen LogP contribution in [0.2, 0.25) is 5.02 Å². The first-order valence-corrected chi connectivity index (χ1v) is 7.43. The summed E-state index contributed by atoms with van der Waals surface area (Å²) in [6.45, 7) is 5.22. The molecule has 0 aromatic heterocycles. The molecule has 0 atom stereocenters. The van der Waals surface area contributed by atoms with E-state index < -0.39 is 5.91 Å². The van der Waals surface area contributed by atoms with Crippen LogP contribution in [0.1, 0.15) is 20.3 Å². The summed E-state index contributed by atoms with van der Waals surface area (Å²) in [6, 6.07) is 8.55. The number of benzene rings is 1. The van der Waals surface area contributed by atoms with Crippen LogP contribution in [0.4, 0.5) is 5.69 Å². The molecule has 1 amide bonds. The molecule has 0 aliphatic heterocycles. The van der Waals surface area contributed by atoms with Crippen molar-refractivity contribution in [2.45, 2.75) is 26.4 Å². The van der Waals surface area contributed by atoms with Crippen molar-refractivity contribution in [2.24, 2.45) is 0 Å². The lowest BCUT2D eigenvalue weighted by molar-refractivity contribution is -0.112. The first-order chi connectivity index (χ1) is 10.5. The Labute approximate surface area is 135 Å². The van der Waals surface area contributed by atoms with Crippen LogP contribution in [0.15, 0.2) is 36.0 Å². The standard InChI is InChI=1S/C16H20ClN3O2/c1-12(2)22-9-3-8-19-11-13(10-18)16(21)20-15-6-4-14(17)5-7-15/h4-7,11-12,19H,3,8-9H2,1-2H3,(H,20,21)/b13-11-. The highest BCUT2D eigenvalue weighted by molar-refractivity contribution is 6.30. The van der Waals surface area contributed by atoms with Gasteiger partial charge >= 0.3 is 0 Å². The van der Waals surface area contributed by atoms with Crippen molar-refractivity contribution in [1.29, 1.82) is 5.26 Å². The van der Waals surface area contributed by atoms with Gasteiger partial charge in [0.1, 0.15) is 11.6 Å². The Hall–Kier alpha value is -2.03. The number of amides is 1. The summed E-state index contributed by atoms with van der Waals surface area (Å²) in [6.07, 6.45) is 2.42. The summed E-state index contributed by atoms with van der Waals surface area (Å²) in [7, 11) is 0. The molecule has 0 saturated heterocycles. The maximum Gasteiger partial charge on any atom is 0.267 e. The number of nitriles is 1. The summed E-state index contributed by atoms with van der Waals surface area (Å²) in [5, 5.41) is 15.2. The summed E-state index contributed by atoms with van der Waals surface area (Å²) in [5.74, 6) is -0.462. The van der Waals surface area contributed by atoms with Gasteiger partial charge in [0.2, 0.25) is 0 Å². The van der Waals surface area contributed by atoms with E-state index in [1.807, 2.05) is 19.9 Å². The van der Waals surface area contributed by atoms with Crippen molar-refractivity contribution in [3.05, 3.63) is 41.1 Å². The molecule has 0 heterocycles. The predicted octanol–water partition coefficient (Wildman–Crippen LogP) is 3.09. The van der Waals surface area contributed by atoms with Crippen molar-refractivity contribution >= 4 is 23.2 Å². The number of nitrogens with one attached hydrogen (secondary N) is 2. The van der Waals surface area contributed by atoms with Crippen LogP contribution in [0.3, 0.4) is 0 Å². The normalized spacial score (nSPS) is 11.1. The molecule has 0 aliphatic carbocycles. The van der Waals surface area contributed by atoms with Crippen LogP contribution in [-0.2, 0) is 9.53 Å². The van der Waals surface area contributed by atoms with Gasteiger partial charge in [0.25, 0.3) is 5.91 Å². The minimum absolute atomic E-state index is 0.0136. The Morgan fingerprint density at radius 2 is 2.09 bits per heavy atom. The molecule has 0 unspecified atom stereocenters. The quantitative estimate of drug-likeness (QED) is 0.438. The molecular formula is C16H20ClN3O2. The molecule has 1 rings (SSSR count). The summed E-state index contributed by atoms with van der Waals surface area (Å²) in [4.78, 5) is 11.9. The monoisotopic (exact) mass is 321 g/mol. The average molecular weight is 322 g/mol. The van der Waals surface area contributed by atoms with Gasteiger partial charge in [-0.1, -0.05) is 11.6 Å². The van der Waals surface area contributed by atoms with Gasteiger partial charge in [-0.05, 0) is 44.5 Å². The first kappa shape index (κ1) is 18.0. The van der Waals surface area contributed by atoms with E-state index in [1.165, 1.54) is 6.20 Å². The fourth-order valence-electron chi connectivity index (χ4n) is 1.55. The van der Waals surface area contributed by atoms with E-state index >= 15 is 0 Å². The Morgan fingerprint density at radius 1 is 1.41 bits per heavy atom. The highest BCUT2D eigenvalue weighted by Crippen LogP contribution is 2.13.